The molecule has 1 heterocycles. The van der Waals surface area contributed by atoms with Crippen LogP contribution >= 0.6 is 15.9 Å². The zero-order valence-electron chi connectivity index (χ0n) is 18.5. The van der Waals surface area contributed by atoms with Gasteiger partial charge >= 0.3 is 29.8 Å². The Morgan fingerprint density at radius 1 is 1.00 bits per heavy atom. The lowest BCUT2D eigenvalue weighted by Gasteiger charge is -2.48. The second kappa shape index (κ2) is 11.6. The minimum atomic E-state index is -2.67. The van der Waals surface area contributed by atoms with Gasteiger partial charge in [0.1, 0.15) is 23.6 Å². The van der Waals surface area contributed by atoms with E-state index in [2.05, 4.69) is 20.7 Å². The van der Waals surface area contributed by atoms with E-state index in [1.54, 1.807) is 0 Å². The van der Waals surface area contributed by atoms with Crippen molar-refractivity contribution in [3.63, 3.8) is 0 Å². The molecule has 0 aromatic heterocycles. The fraction of sp³-hybridized carbons (Fsp3) is 0.737. The van der Waals surface area contributed by atoms with Gasteiger partial charge in [0.2, 0.25) is 0 Å². The molecule has 0 aliphatic carbocycles. The summed E-state index contributed by atoms with van der Waals surface area (Å²) in [6.07, 6.45) is -5.39. The molecule has 1 aliphatic heterocycles. The number of esters is 5. The monoisotopic (exact) mass is 526 g/mol. The lowest BCUT2D eigenvalue weighted by atomic mass is 9.84. The van der Waals surface area contributed by atoms with E-state index in [1.165, 1.54) is 6.92 Å². The second-order valence-corrected chi connectivity index (χ2v) is 8.12. The van der Waals surface area contributed by atoms with Gasteiger partial charge < -0.3 is 33.5 Å². The predicted molar refractivity (Wildman–Crippen MR) is 107 cm³/mol. The summed E-state index contributed by atoms with van der Waals surface area (Å²) in [7, 11) is 1.00. The maximum absolute atomic E-state index is 12.4. The van der Waals surface area contributed by atoms with E-state index in [4.69, 9.17) is 23.7 Å². The number of hydrogen-bond acceptors (Lipinski definition) is 12. The van der Waals surface area contributed by atoms with Gasteiger partial charge in [0.15, 0.2) is 12.2 Å². The zero-order chi connectivity index (χ0) is 24.8. The molecule has 32 heavy (non-hydrogen) atoms. The van der Waals surface area contributed by atoms with Gasteiger partial charge in [-0.15, -0.1) is 0 Å². The number of methoxy groups -OCH3 is 1. The van der Waals surface area contributed by atoms with Crippen molar-refractivity contribution in [1.29, 1.82) is 0 Å². The molecule has 0 radical (unpaired) electrons. The van der Waals surface area contributed by atoms with Crippen molar-refractivity contribution in [1.82, 2.24) is 0 Å². The summed E-state index contributed by atoms with van der Waals surface area (Å²) in [6.45, 7) is 5.41. The van der Waals surface area contributed by atoms with E-state index in [0.29, 0.717) is 0 Å². The van der Waals surface area contributed by atoms with Crippen LogP contribution in [0.2, 0.25) is 0 Å². The number of carbonyl (C=O) groups is 5. The molecule has 1 N–H and O–H groups in total. The molecule has 1 aliphatic rings. The number of hydrogen-bond donors (Lipinski definition) is 1. The van der Waals surface area contributed by atoms with Gasteiger partial charge in [0, 0.05) is 33.6 Å². The molecule has 13 heteroatoms. The quantitative estimate of drug-likeness (QED) is 0.256. The fourth-order valence-electron chi connectivity index (χ4n) is 3.24. The molecule has 0 aromatic carbocycles. The molecular formula is C19H27BrO12. The van der Waals surface area contributed by atoms with Crippen molar-refractivity contribution in [3.8, 4) is 0 Å². The molecule has 182 valence electrons. The first kappa shape index (κ1) is 27.8. The summed E-state index contributed by atoms with van der Waals surface area (Å²) in [6, 6.07) is 0. The first-order valence-corrected chi connectivity index (χ1v) is 10.4. The van der Waals surface area contributed by atoms with Gasteiger partial charge in [-0.1, -0.05) is 22.9 Å². The maximum Gasteiger partial charge on any atom is 0.367 e. The van der Waals surface area contributed by atoms with Crippen molar-refractivity contribution in [3.05, 3.63) is 0 Å². The highest BCUT2D eigenvalue weighted by atomic mass is 79.9. The van der Waals surface area contributed by atoms with Crippen LogP contribution in [0, 0.1) is 5.92 Å². The Kier molecular flexibility index (Phi) is 10.0. The Bertz CT molecular complexity index is 740. The number of rotatable bonds is 8. The van der Waals surface area contributed by atoms with Crippen LogP contribution in [0.5, 0.6) is 0 Å². The molecule has 1 rings (SSSR count). The first-order chi connectivity index (χ1) is 14.7. The van der Waals surface area contributed by atoms with Crippen LogP contribution in [0.3, 0.4) is 0 Å². The average Bonchev–Trinajstić information content (AvgIpc) is 2.68. The summed E-state index contributed by atoms with van der Waals surface area (Å²) in [4.78, 5) is 57.5. The molecule has 0 saturated carbocycles. The molecule has 0 aromatic rings. The summed E-state index contributed by atoms with van der Waals surface area (Å²) < 4.78 is 30.9. The second-order valence-electron chi connectivity index (χ2n) is 7.13. The van der Waals surface area contributed by atoms with Crippen LogP contribution in [0.15, 0.2) is 0 Å². The lowest BCUT2D eigenvalue weighted by molar-refractivity contribution is -0.301. The van der Waals surface area contributed by atoms with Crippen LogP contribution in [-0.2, 0) is 52.4 Å². The smallest absolute Gasteiger partial charge is 0.367 e. The van der Waals surface area contributed by atoms with Crippen LogP contribution in [0.4, 0.5) is 0 Å². The molecule has 0 amide bonds. The van der Waals surface area contributed by atoms with Crippen LogP contribution < -0.4 is 0 Å². The first-order valence-electron chi connectivity index (χ1n) is 9.52. The average molecular weight is 527 g/mol. The molecule has 0 unspecified atom stereocenters. The van der Waals surface area contributed by atoms with E-state index < -0.39 is 77.4 Å². The molecule has 0 spiro atoms. The number of carbonyl (C=O) groups excluding carboxylic acids is 5. The van der Waals surface area contributed by atoms with Gasteiger partial charge in [0.05, 0.1) is 7.11 Å². The van der Waals surface area contributed by atoms with Crippen molar-refractivity contribution in [2.24, 2.45) is 5.92 Å². The Hall–Kier alpha value is -2.25. The SMILES string of the molecule is COC(=O)[C@@]1(O)O[C@@H]([C@H](OC(C)=O)[C@@H](COC(C)=O)OC(C)=O)[C@H](C)[C@@H](OC(C)=O)[C@H]1Br. The van der Waals surface area contributed by atoms with Gasteiger partial charge in [-0.3, -0.25) is 19.2 Å². The van der Waals surface area contributed by atoms with Crippen molar-refractivity contribution >= 4 is 45.8 Å². The largest absolute Gasteiger partial charge is 0.465 e. The highest BCUT2D eigenvalue weighted by Crippen LogP contribution is 2.41. The number of aliphatic hydroxyl groups is 1. The normalized spacial score (nSPS) is 29.1. The number of halogens is 1. The van der Waals surface area contributed by atoms with Crippen molar-refractivity contribution in [2.75, 3.05) is 13.7 Å². The van der Waals surface area contributed by atoms with E-state index in [0.717, 1.165) is 34.8 Å². The molecule has 1 fully saturated rings. The third-order valence-electron chi connectivity index (χ3n) is 4.55. The highest BCUT2D eigenvalue weighted by Gasteiger charge is 2.61. The third kappa shape index (κ3) is 6.87. The molecule has 1 saturated heterocycles. The van der Waals surface area contributed by atoms with Crippen LogP contribution in [0.1, 0.15) is 34.6 Å². The highest BCUT2D eigenvalue weighted by molar-refractivity contribution is 9.09. The maximum atomic E-state index is 12.4. The van der Waals surface area contributed by atoms with Gasteiger partial charge in [0.25, 0.3) is 5.79 Å². The lowest BCUT2D eigenvalue weighted by Crippen LogP contribution is -2.67. The minimum absolute atomic E-state index is 0.522. The van der Waals surface area contributed by atoms with E-state index in [-0.39, 0.29) is 0 Å². The molecular weight excluding hydrogens is 500 g/mol. The van der Waals surface area contributed by atoms with Gasteiger partial charge in [-0.2, -0.15) is 0 Å². The van der Waals surface area contributed by atoms with Crippen LogP contribution in [-0.4, -0.2) is 83.7 Å². The van der Waals surface area contributed by atoms with Crippen LogP contribution in [0.25, 0.3) is 0 Å². The summed E-state index contributed by atoms with van der Waals surface area (Å²) in [5.74, 6) is -7.76. The Morgan fingerprint density at radius 2 is 1.56 bits per heavy atom. The van der Waals surface area contributed by atoms with E-state index >= 15 is 0 Å². The topological polar surface area (TPSA) is 161 Å². The van der Waals surface area contributed by atoms with Gasteiger partial charge in [-0.25, -0.2) is 4.79 Å². The predicted octanol–water partition coefficient (Wildman–Crippen LogP) is 0.00460. The standard InChI is InChI=1S/C19H27BrO12/c1-8-14(16(31-12(5)24)13(29-10(3)22)7-28-9(2)21)32-19(26,18(25)27-6)17(20)15(8)30-11(4)23/h8,13-17,26H,7H2,1-6H3/t8-,13+,14+,15+,16+,17+,19-/m0/s1. The van der Waals surface area contributed by atoms with Crippen molar-refractivity contribution in [2.45, 2.75) is 69.6 Å². The Morgan fingerprint density at radius 3 is 2.00 bits per heavy atom. The minimum Gasteiger partial charge on any atom is -0.465 e. The van der Waals surface area contributed by atoms with E-state index in [1.807, 2.05) is 0 Å². The number of alkyl halides is 1. The third-order valence-corrected chi connectivity index (χ3v) is 5.70. The van der Waals surface area contributed by atoms with Crippen molar-refractivity contribution < 1.29 is 57.5 Å². The number of ether oxygens (including phenoxy) is 6. The van der Waals surface area contributed by atoms with E-state index in [9.17, 15) is 29.1 Å². The molecule has 12 nitrogen and oxygen atoms in total. The Balaban J connectivity index is 3.52. The fourth-order valence-corrected chi connectivity index (χ4v) is 4.13. The Labute approximate surface area is 192 Å². The molecule has 0 bridgehead atoms. The molecule has 7 atom stereocenters. The zero-order valence-corrected chi connectivity index (χ0v) is 20.1. The summed E-state index contributed by atoms with van der Waals surface area (Å²) >= 11 is 3.13. The summed E-state index contributed by atoms with van der Waals surface area (Å²) in [5, 5.41) is 11.0. The summed E-state index contributed by atoms with van der Waals surface area (Å²) in [5.41, 5.74) is 0. The van der Waals surface area contributed by atoms with Gasteiger partial charge in [-0.05, 0) is 0 Å².